The van der Waals surface area contributed by atoms with Gasteiger partial charge in [-0.3, -0.25) is 20.4 Å². The van der Waals surface area contributed by atoms with Gasteiger partial charge in [0.2, 0.25) is 5.91 Å². The van der Waals surface area contributed by atoms with Crippen LogP contribution in [0, 0.1) is 5.92 Å². The lowest BCUT2D eigenvalue weighted by atomic mass is 10.0. The van der Waals surface area contributed by atoms with Gasteiger partial charge in [0, 0.05) is 12.0 Å². The van der Waals surface area contributed by atoms with Gasteiger partial charge in [0.15, 0.2) is 0 Å². The van der Waals surface area contributed by atoms with Crippen LogP contribution < -0.4 is 10.9 Å². The normalized spacial score (nSPS) is 14.9. The molecule has 0 aromatic heterocycles. The molecule has 1 aromatic rings. The smallest absolute Gasteiger partial charge is 0.269 e. The molecule has 2 amide bonds. The highest BCUT2D eigenvalue weighted by Crippen LogP contribution is 2.28. The third-order valence-corrected chi connectivity index (χ3v) is 4.19. The summed E-state index contributed by atoms with van der Waals surface area (Å²) >= 11 is 0. The molecule has 0 aliphatic heterocycles. The fourth-order valence-electron chi connectivity index (χ4n) is 2.79. The van der Waals surface area contributed by atoms with E-state index in [1.165, 1.54) is 31.2 Å². The van der Waals surface area contributed by atoms with Crippen LogP contribution in [0.1, 0.15) is 61.4 Å². The Morgan fingerprint density at radius 1 is 1.10 bits per heavy atom. The van der Waals surface area contributed by atoms with Gasteiger partial charge in [-0.15, -0.1) is 0 Å². The molecule has 1 fully saturated rings. The molecule has 0 saturated heterocycles. The number of hydrogen-bond donors (Lipinski definition) is 2. The first-order valence-electron chi connectivity index (χ1n) is 7.87. The van der Waals surface area contributed by atoms with E-state index in [0.29, 0.717) is 17.9 Å². The molecule has 1 aliphatic carbocycles. The number of carbonyl (C=O) groups is 2. The molecule has 4 nitrogen and oxygen atoms in total. The summed E-state index contributed by atoms with van der Waals surface area (Å²) in [6.07, 6.45) is 7.41. The molecule has 0 radical (unpaired) electrons. The largest absolute Gasteiger partial charge is 0.273 e. The number of nitrogens with one attached hydrogen (secondary N) is 2. The summed E-state index contributed by atoms with van der Waals surface area (Å²) < 4.78 is 0. The summed E-state index contributed by atoms with van der Waals surface area (Å²) in [5.74, 6) is 0.306. The Hall–Kier alpha value is -1.84. The molecule has 0 unspecified atom stereocenters. The number of benzene rings is 1. The summed E-state index contributed by atoms with van der Waals surface area (Å²) in [6, 6.07) is 7.41. The van der Waals surface area contributed by atoms with Crippen molar-refractivity contribution < 1.29 is 9.59 Å². The zero-order valence-electron chi connectivity index (χ0n) is 12.7. The van der Waals surface area contributed by atoms with Gasteiger partial charge in [-0.1, -0.05) is 44.7 Å². The Morgan fingerprint density at radius 3 is 2.38 bits per heavy atom. The lowest BCUT2D eigenvalue weighted by Crippen LogP contribution is -2.41. The van der Waals surface area contributed by atoms with E-state index in [1.54, 1.807) is 12.1 Å². The predicted octanol–water partition coefficient (Wildman–Crippen LogP) is 2.98. The Bertz CT molecular complexity index is 476. The average molecular weight is 288 g/mol. The third-order valence-electron chi connectivity index (χ3n) is 4.19. The fraction of sp³-hybridized carbons (Fsp3) is 0.529. The highest BCUT2D eigenvalue weighted by Gasteiger charge is 2.16. The standard InChI is InChI=1S/C17H24N2O2/c1-2-13-7-10-15(11-8-13)17(21)19-18-16(20)12-9-14-5-3-4-6-14/h7-8,10-11,14H,2-6,9,12H2,1H3,(H,18,20)(H,19,21). The molecule has 0 bridgehead atoms. The van der Waals surface area contributed by atoms with Gasteiger partial charge in [-0.05, 0) is 36.5 Å². The maximum Gasteiger partial charge on any atom is 0.269 e. The molecule has 21 heavy (non-hydrogen) atoms. The molecule has 4 heteroatoms. The van der Waals surface area contributed by atoms with Crippen molar-refractivity contribution in [1.29, 1.82) is 0 Å². The van der Waals surface area contributed by atoms with E-state index in [9.17, 15) is 9.59 Å². The summed E-state index contributed by atoms with van der Waals surface area (Å²) in [6.45, 7) is 2.07. The van der Waals surface area contributed by atoms with Crippen LogP contribution in [0.25, 0.3) is 0 Å². The Balaban J connectivity index is 1.70. The lowest BCUT2D eigenvalue weighted by Gasteiger charge is -2.10. The summed E-state index contributed by atoms with van der Waals surface area (Å²) in [7, 11) is 0. The van der Waals surface area contributed by atoms with E-state index >= 15 is 0 Å². The maximum absolute atomic E-state index is 11.9. The van der Waals surface area contributed by atoms with Crippen LogP contribution in [0.4, 0.5) is 0 Å². The van der Waals surface area contributed by atoms with Gasteiger partial charge in [0.1, 0.15) is 0 Å². The zero-order valence-corrected chi connectivity index (χ0v) is 12.7. The van der Waals surface area contributed by atoms with Gasteiger partial charge >= 0.3 is 0 Å². The van der Waals surface area contributed by atoms with E-state index in [2.05, 4.69) is 17.8 Å². The predicted molar refractivity (Wildman–Crippen MR) is 82.6 cm³/mol. The topological polar surface area (TPSA) is 58.2 Å². The molecule has 2 rings (SSSR count). The van der Waals surface area contributed by atoms with E-state index in [4.69, 9.17) is 0 Å². The highest BCUT2D eigenvalue weighted by molar-refractivity contribution is 5.95. The third kappa shape index (κ3) is 4.88. The SMILES string of the molecule is CCc1ccc(C(=O)NNC(=O)CCC2CCCC2)cc1. The maximum atomic E-state index is 11.9. The molecular weight excluding hydrogens is 264 g/mol. The second-order valence-electron chi connectivity index (χ2n) is 5.74. The first-order valence-corrected chi connectivity index (χ1v) is 7.87. The summed E-state index contributed by atoms with van der Waals surface area (Å²) in [5, 5.41) is 0. The van der Waals surface area contributed by atoms with Crippen LogP contribution in [0.2, 0.25) is 0 Å². The second kappa shape index (κ2) is 7.81. The van der Waals surface area contributed by atoms with E-state index in [0.717, 1.165) is 12.8 Å². The first kappa shape index (κ1) is 15.5. The van der Waals surface area contributed by atoms with E-state index < -0.39 is 0 Å². The van der Waals surface area contributed by atoms with Gasteiger partial charge < -0.3 is 0 Å². The molecular formula is C17H24N2O2. The number of carbonyl (C=O) groups excluding carboxylic acids is 2. The minimum atomic E-state index is -0.271. The van der Waals surface area contributed by atoms with Crippen molar-refractivity contribution in [3.63, 3.8) is 0 Å². The molecule has 2 N–H and O–H groups in total. The van der Waals surface area contributed by atoms with Crippen LogP contribution in [-0.2, 0) is 11.2 Å². The van der Waals surface area contributed by atoms with Crippen molar-refractivity contribution in [2.45, 2.75) is 51.9 Å². The van der Waals surface area contributed by atoms with Crippen molar-refractivity contribution in [3.05, 3.63) is 35.4 Å². The van der Waals surface area contributed by atoms with Gasteiger partial charge in [0.05, 0.1) is 0 Å². The second-order valence-corrected chi connectivity index (χ2v) is 5.74. The fourth-order valence-corrected chi connectivity index (χ4v) is 2.79. The number of hydrazine groups is 1. The summed E-state index contributed by atoms with van der Waals surface area (Å²) in [4.78, 5) is 23.6. The van der Waals surface area contributed by atoms with Gasteiger partial charge in [-0.2, -0.15) is 0 Å². The molecule has 0 spiro atoms. The quantitative estimate of drug-likeness (QED) is 0.818. The van der Waals surface area contributed by atoms with Crippen molar-refractivity contribution >= 4 is 11.8 Å². The first-order chi connectivity index (χ1) is 10.2. The number of amides is 2. The van der Waals surface area contributed by atoms with Crippen LogP contribution in [0.5, 0.6) is 0 Å². The van der Waals surface area contributed by atoms with Crippen LogP contribution in [-0.4, -0.2) is 11.8 Å². The number of aryl methyl sites for hydroxylation is 1. The lowest BCUT2D eigenvalue weighted by molar-refractivity contribution is -0.122. The van der Waals surface area contributed by atoms with Crippen molar-refractivity contribution in [3.8, 4) is 0 Å². The van der Waals surface area contributed by atoms with Crippen LogP contribution in [0.15, 0.2) is 24.3 Å². The number of hydrogen-bond acceptors (Lipinski definition) is 2. The highest BCUT2D eigenvalue weighted by atomic mass is 16.2. The van der Waals surface area contributed by atoms with Crippen LogP contribution >= 0.6 is 0 Å². The molecule has 1 aromatic carbocycles. The molecule has 1 saturated carbocycles. The van der Waals surface area contributed by atoms with Crippen molar-refractivity contribution in [2.24, 2.45) is 5.92 Å². The molecule has 1 aliphatic rings. The van der Waals surface area contributed by atoms with Crippen molar-refractivity contribution in [2.75, 3.05) is 0 Å². The van der Waals surface area contributed by atoms with Gasteiger partial charge in [0.25, 0.3) is 5.91 Å². The Labute approximate surface area is 126 Å². The number of rotatable bonds is 5. The molecule has 114 valence electrons. The zero-order chi connectivity index (χ0) is 15.1. The van der Waals surface area contributed by atoms with Gasteiger partial charge in [-0.25, -0.2) is 0 Å². The minimum Gasteiger partial charge on any atom is -0.273 e. The minimum absolute atomic E-state index is 0.111. The van der Waals surface area contributed by atoms with Crippen LogP contribution in [0.3, 0.4) is 0 Å². The molecule has 0 atom stereocenters. The monoisotopic (exact) mass is 288 g/mol. The van der Waals surface area contributed by atoms with Crippen molar-refractivity contribution in [1.82, 2.24) is 10.9 Å². The Morgan fingerprint density at radius 2 is 1.76 bits per heavy atom. The summed E-state index contributed by atoms with van der Waals surface area (Å²) in [5.41, 5.74) is 6.71. The van der Waals surface area contributed by atoms with E-state index in [1.807, 2.05) is 12.1 Å². The molecule has 0 heterocycles. The van der Waals surface area contributed by atoms with E-state index in [-0.39, 0.29) is 11.8 Å². The Kier molecular flexibility index (Phi) is 5.78. The average Bonchev–Trinajstić information content (AvgIpc) is 3.04.